The number of ether oxygens (including phenoxy) is 3. The molecule has 0 amide bonds. The summed E-state index contributed by atoms with van der Waals surface area (Å²) in [6.45, 7) is 1.59. The molecular weight excluding hydrogens is 396 g/mol. The molecule has 8 nitrogen and oxygen atoms in total. The Labute approximate surface area is 170 Å². The minimum Gasteiger partial charge on any atom is -0.497 e. The molecule has 9 heteroatoms. The van der Waals surface area contributed by atoms with Gasteiger partial charge in [-0.2, -0.15) is 5.26 Å². The van der Waals surface area contributed by atoms with Crippen molar-refractivity contribution in [3.63, 3.8) is 0 Å². The van der Waals surface area contributed by atoms with Crippen molar-refractivity contribution < 1.29 is 28.2 Å². The minimum absolute atomic E-state index is 0.0322. The quantitative estimate of drug-likeness (QED) is 0.583. The zero-order chi connectivity index (χ0) is 21.0. The van der Waals surface area contributed by atoms with Gasteiger partial charge in [0.25, 0.3) is 0 Å². The highest BCUT2D eigenvalue weighted by Crippen LogP contribution is 2.32. The molecule has 0 spiro atoms. The van der Waals surface area contributed by atoms with Crippen LogP contribution in [0.25, 0.3) is 11.0 Å². The molecule has 2 heterocycles. The van der Waals surface area contributed by atoms with Gasteiger partial charge in [-0.15, -0.1) is 11.3 Å². The second kappa shape index (κ2) is 8.67. The summed E-state index contributed by atoms with van der Waals surface area (Å²) in [5.41, 5.74) is 7.43. The van der Waals surface area contributed by atoms with E-state index in [1.165, 1.54) is 6.26 Å². The number of methoxy groups -OCH3 is 1. The zero-order valence-electron chi connectivity index (χ0n) is 15.8. The highest BCUT2D eigenvalue weighted by atomic mass is 32.1. The third-order valence-electron chi connectivity index (χ3n) is 4.18. The molecule has 0 bridgehead atoms. The molecule has 3 rings (SSSR count). The molecule has 2 aromatic heterocycles. The Morgan fingerprint density at radius 3 is 2.79 bits per heavy atom. The van der Waals surface area contributed by atoms with Gasteiger partial charge in [-0.05, 0) is 19.1 Å². The van der Waals surface area contributed by atoms with E-state index in [4.69, 9.17) is 24.4 Å². The average Bonchev–Trinajstić information content (AvgIpc) is 3.26. The average molecular weight is 414 g/mol. The van der Waals surface area contributed by atoms with Crippen LogP contribution in [-0.4, -0.2) is 25.7 Å². The van der Waals surface area contributed by atoms with Crippen LogP contribution >= 0.6 is 11.3 Å². The van der Waals surface area contributed by atoms with E-state index in [2.05, 4.69) is 0 Å². The number of nitrogens with two attached hydrogens (primary N) is 1. The topological polar surface area (TPSA) is 125 Å². The molecule has 0 aliphatic rings. The molecule has 2 N–H and O–H groups in total. The van der Waals surface area contributed by atoms with E-state index in [-0.39, 0.29) is 40.6 Å². The van der Waals surface area contributed by atoms with Gasteiger partial charge in [-0.3, -0.25) is 4.79 Å². The lowest BCUT2D eigenvalue weighted by Gasteiger charge is -2.06. The SMILES string of the molecule is CCOC(=O)c1sc(N)c(C#N)c1COC(=O)Cc1coc2cc(OC)ccc12. The van der Waals surface area contributed by atoms with Crippen molar-refractivity contribution in [3.05, 3.63) is 46.0 Å². The van der Waals surface area contributed by atoms with Gasteiger partial charge in [0.15, 0.2) is 0 Å². The molecule has 0 atom stereocenters. The Morgan fingerprint density at radius 2 is 2.10 bits per heavy atom. The molecule has 0 unspecified atom stereocenters. The van der Waals surface area contributed by atoms with E-state index in [0.29, 0.717) is 16.9 Å². The fraction of sp³-hybridized carbons (Fsp3) is 0.250. The number of nitriles is 1. The monoisotopic (exact) mass is 414 g/mol. The lowest BCUT2D eigenvalue weighted by atomic mass is 10.1. The maximum atomic E-state index is 12.3. The summed E-state index contributed by atoms with van der Waals surface area (Å²) in [6.07, 6.45) is 1.45. The van der Waals surface area contributed by atoms with E-state index in [1.807, 2.05) is 6.07 Å². The van der Waals surface area contributed by atoms with Crippen LogP contribution in [0, 0.1) is 11.3 Å². The number of fused-ring (bicyclic) bond motifs is 1. The van der Waals surface area contributed by atoms with Crippen LogP contribution in [0.4, 0.5) is 5.00 Å². The van der Waals surface area contributed by atoms with E-state index in [9.17, 15) is 14.9 Å². The van der Waals surface area contributed by atoms with Gasteiger partial charge in [0, 0.05) is 22.6 Å². The van der Waals surface area contributed by atoms with Gasteiger partial charge in [0.2, 0.25) is 0 Å². The van der Waals surface area contributed by atoms with Gasteiger partial charge < -0.3 is 24.4 Å². The smallest absolute Gasteiger partial charge is 0.348 e. The third kappa shape index (κ3) is 4.17. The molecule has 29 heavy (non-hydrogen) atoms. The number of hydrogen-bond acceptors (Lipinski definition) is 9. The van der Waals surface area contributed by atoms with Gasteiger partial charge in [-0.1, -0.05) is 0 Å². The van der Waals surface area contributed by atoms with Gasteiger partial charge in [0.1, 0.15) is 33.9 Å². The van der Waals surface area contributed by atoms with E-state index < -0.39 is 11.9 Å². The molecule has 0 aliphatic heterocycles. The summed E-state index contributed by atoms with van der Waals surface area (Å²) < 4.78 is 20.9. The van der Waals surface area contributed by atoms with Crippen molar-refractivity contribution in [1.29, 1.82) is 5.26 Å². The van der Waals surface area contributed by atoms with Crippen LogP contribution in [0.2, 0.25) is 0 Å². The Hall–Kier alpha value is -3.51. The number of esters is 2. The molecule has 0 saturated carbocycles. The third-order valence-corrected chi connectivity index (χ3v) is 5.22. The van der Waals surface area contributed by atoms with Crippen molar-refractivity contribution in [2.24, 2.45) is 0 Å². The Morgan fingerprint density at radius 1 is 1.31 bits per heavy atom. The number of hydrogen-bond donors (Lipinski definition) is 1. The number of thiophene rings is 1. The maximum Gasteiger partial charge on any atom is 0.348 e. The van der Waals surface area contributed by atoms with Crippen LogP contribution in [0.3, 0.4) is 0 Å². The predicted octanol–water partition coefficient (Wildman–Crippen LogP) is 3.42. The summed E-state index contributed by atoms with van der Waals surface area (Å²) in [6, 6.07) is 7.24. The summed E-state index contributed by atoms with van der Waals surface area (Å²) in [5.74, 6) is -0.495. The lowest BCUT2D eigenvalue weighted by molar-refractivity contribution is -0.144. The standard InChI is InChI=1S/C20H18N2O6S/c1-3-26-20(24)18-15(14(8-21)19(22)29-18)10-28-17(23)6-11-9-27-16-7-12(25-2)4-5-13(11)16/h4-5,7,9H,3,6,10,22H2,1-2H3. The fourth-order valence-corrected chi connectivity index (χ4v) is 3.71. The fourth-order valence-electron chi connectivity index (χ4n) is 2.79. The van der Waals surface area contributed by atoms with E-state index >= 15 is 0 Å². The Kier molecular flexibility index (Phi) is 6.04. The summed E-state index contributed by atoms with van der Waals surface area (Å²) in [5, 5.41) is 10.3. The maximum absolute atomic E-state index is 12.3. The number of furan rings is 1. The van der Waals surface area contributed by atoms with Crippen LogP contribution in [0.1, 0.15) is 33.3 Å². The van der Waals surface area contributed by atoms with Crippen molar-refractivity contribution >= 4 is 39.2 Å². The number of anilines is 1. The van der Waals surface area contributed by atoms with Crippen molar-refractivity contribution in [2.75, 3.05) is 19.5 Å². The summed E-state index contributed by atoms with van der Waals surface area (Å²) in [4.78, 5) is 24.6. The van der Waals surface area contributed by atoms with Gasteiger partial charge >= 0.3 is 11.9 Å². The molecule has 0 radical (unpaired) electrons. The molecule has 1 aromatic carbocycles. The Bertz CT molecular complexity index is 1110. The highest BCUT2D eigenvalue weighted by molar-refractivity contribution is 7.18. The first-order valence-corrected chi connectivity index (χ1v) is 9.48. The number of carbonyl (C=O) groups is 2. The normalized spacial score (nSPS) is 10.5. The van der Waals surface area contributed by atoms with Crippen LogP contribution < -0.4 is 10.5 Å². The van der Waals surface area contributed by atoms with Crippen molar-refractivity contribution in [1.82, 2.24) is 0 Å². The molecule has 0 aliphatic carbocycles. The van der Waals surface area contributed by atoms with Gasteiger partial charge in [0.05, 0.1) is 32.0 Å². The lowest BCUT2D eigenvalue weighted by Crippen LogP contribution is -2.11. The van der Waals surface area contributed by atoms with E-state index in [0.717, 1.165) is 16.7 Å². The summed E-state index contributed by atoms with van der Waals surface area (Å²) in [7, 11) is 1.56. The van der Waals surface area contributed by atoms with Gasteiger partial charge in [-0.25, -0.2) is 4.79 Å². The molecule has 150 valence electrons. The van der Waals surface area contributed by atoms with Crippen molar-refractivity contribution in [2.45, 2.75) is 20.0 Å². The Balaban J connectivity index is 1.74. The van der Waals surface area contributed by atoms with Crippen LogP contribution in [0.5, 0.6) is 5.75 Å². The predicted molar refractivity (Wildman–Crippen MR) is 106 cm³/mol. The van der Waals surface area contributed by atoms with Crippen LogP contribution in [-0.2, 0) is 27.3 Å². The molecule has 0 fully saturated rings. The second-order valence-corrected chi connectivity index (χ2v) is 6.99. The largest absolute Gasteiger partial charge is 0.497 e. The highest BCUT2D eigenvalue weighted by Gasteiger charge is 2.24. The first-order valence-electron chi connectivity index (χ1n) is 8.66. The molecule has 3 aromatic rings. The first kappa shape index (κ1) is 20.2. The van der Waals surface area contributed by atoms with Crippen LogP contribution in [0.15, 0.2) is 28.9 Å². The second-order valence-electron chi connectivity index (χ2n) is 5.94. The number of carbonyl (C=O) groups excluding carboxylic acids is 2. The van der Waals surface area contributed by atoms with Crippen molar-refractivity contribution in [3.8, 4) is 11.8 Å². The number of rotatable bonds is 7. The minimum atomic E-state index is -0.605. The molecule has 0 saturated heterocycles. The number of nitrogen functional groups attached to an aromatic ring is 1. The number of benzene rings is 1. The number of nitrogens with zero attached hydrogens (tertiary/aromatic N) is 1. The summed E-state index contributed by atoms with van der Waals surface area (Å²) >= 11 is 0.939. The van der Waals surface area contributed by atoms with E-state index in [1.54, 1.807) is 32.2 Å². The molecular formula is C20H18N2O6S. The first-order chi connectivity index (χ1) is 14.0. The zero-order valence-corrected chi connectivity index (χ0v) is 16.6.